The predicted octanol–water partition coefficient (Wildman–Crippen LogP) is 2.80. The van der Waals surface area contributed by atoms with E-state index in [1.165, 1.54) is 11.5 Å². The molecule has 1 aromatic heterocycles. The molecule has 1 atom stereocenters. The number of hydrogen-bond acceptors (Lipinski definition) is 5. The second-order valence-corrected chi connectivity index (χ2v) is 6.44. The lowest BCUT2D eigenvalue weighted by Gasteiger charge is -2.30. The number of ether oxygens (including phenoxy) is 1. The third kappa shape index (κ3) is 5.67. The molecule has 0 aliphatic carbocycles. The highest BCUT2D eigenvalue weighted by Crippen LogP contribution is 2.16. The quantitative estimate of drug-likeness (QED) is 0.691. The Balaban J connectivity index is 1.95. The largest absolute Gasteiger partial charge is 0.473 e. The predicted molar refractivity (Wildman–Crippen MR) is 89.0 cm³/mol. The van der Waals surface area contributed by atoms with Crippen LogP contribution in [0.4, 0.5) is 0 Å². The number of rotatable bonds is 8. The van der Waals surface area contributed by atoms with E-state index < -0.39 is 0 Å². The Morgan fingerprint density at radius 2 is 2.24 bits per heavy atom. The summed E-state index contributed by atoms with van der Waals surface area (Å²) < 4.78 is 6.11. The maximum atomic E-state index is 6.11. The van der Waals surface area contributed by atoms with Crippen molar-refractivity contribution in [2.45, 2.75) is 32.3 Å². The van der Waals surface area contributed by atoms with E-state index in [0.717, 1.165) is 44.6 Å². The molecule has 0 radical (unpaired) electrons. The van der Waals surface area contributed by atoms with Gasteiger partial charge in [-0.25, -0.2) is 9.97 Å². The van der Waals surface area contributed by atoms with E-state index in [1.807, 2.05) is 23.9 Å². The molecule has 1 aromatic rings. The third-order valence-electron chi connectivity index (χ3n) is 3.61. The van der Waals surface area contributed by atoms with E-state index in [4.69, 9.17) is 4.74 Å². The molecule has 0 aromatic carbocycles. The molecule has 2 rings (SSSR count). The molecule has 4 nitrogen and oxygen atoms in total. The van der Waals surface area contributed by atoms with Gasteiger partial charge in [0.05, 0.1) is 0 Å². The Bertz CT molecular complexity index is 435. The van der Waals surface area contributed by atoms with Crippen LogP contribution < -0.4 is 4.74 Å². The second kappa shape index (κ2) is 9.05. The normalized spacial score (nSPS) is 17.4. The van der Waals surface area contributed by atoms with Gasteiger partial charge in [0.1, 0.15) is 12.4 Å². The van der Waals surface area contributed by atoms with Gasteiger partial charge in [-0.05, 0) is 19.3 Å². The van der Waals surface area contributed by atoms with Crippen molar-refractivity contribution in [2.24, 2.45) is 0 Å². The summed E-state index contributed by atoms with van der Waals surface area (Å²) in [4.78, 5) is 11.0. The molecule has 0 saturated carbocycles. The van der Waals surface area contributed by atoms with Gasteiger partial charge in [0.2, 0.25) is 5.88 Å². The monoisotopic (exact) mass is 307 g/mol. The number of nitrogens with zero attached hydrogens (tertiary/aromatic N) is 3. The fraction of sp³-hybridized carbons (Fsp3) is 0.625. The van der Waals surface area contributed by atoms with Gasteiger partial charge >= 0.3 is 0 Å². The highest BCUT2D eigenvalue weighted by atomic mass is 32.2. The van der Waals surface area contributed by atoms with Gasteiger partial charge in [-0.3, -0.25) is 4.90 Å². The smallest absolute Gasteiger partial charge is 0.216 e. The SMILES string of the molecule is C=CCC[C@H](CN1CCSCC1)Oc1cc(CC)ncn1. The summed E-state index contributed by atoms with van der Waals surface area (Å²) in [6.45, 7) is 9.19. The average molecular weight is 307 g/mol. The summed E-state index contributed by atoms with van der Waals surface area (Å²) in [5.74, 6) is 3.14. The number of thioether (sulfide) groups is 1. The Kier molecular flexibility index (Phi) is 7.03. The molecule has 1 aliphatic rings. The van der Waals surface area contributed by atoms with Gasteiger partial charge in [0.15, 0.2) is 0 Å². The van der Waals surface area contributed by atoms with Crippen molar-refractivity contribution in [2.75, 3.05) is 31.1 Å². The maximum absolute atomic E-state index is 6.11. The van der Waals surface area contributed by atoms with Crippen molar-refractivity contribution in [3.8, 4) is 5.88 Å². The fourth-order valence-corrected chi connectivity index (χ4v) is 3.35. The van der Waals surface area contributed by atoms with E-state index in [-0.39, 0.29) is 6.10 Å². The van der Waals surface area contributed by atoms with Gasteiger partial charge < -0.3 is 4.74 Å². The van der Waals surface area contributed by atoms with Gasteiger partial charge in [-0.2, -0.15) is 11.8 Å². The van der Waals surface area contributed by atoms with Crippen molar-refractivity contribution in [1.29, 1.82) is 0 Å². The molecule has 1 fully saturated rings. The Morgan fingerprint density at radius 3 is 2.95 bits per heavy atom. The zero-order chi connectivity index (χ0) is 14.9. The van der Waals surface area contributed by atoms with Gasteiger partial charge in [-0.15, -0.1) is 6.58 Å². The van der Waals surface area contributed by atoms with E-state index >= 15 is 0 Å². The maximum Gasteiger partial charge on any atom is 0.216 e. The molecule has 0 amide bonds. The molecule has 0 bridgehead atoms. The van der Waals surface area contributed by atoms with Crippen LogP contribution in [0.5, 0.6) is 5.88 Å². The first-order chi connectivity index (χ1) is 10.3. The summed E-state index contributed by atoms with van der Waals surface area (Å²) in [7, 11) is 0. The minimum absolute atomic E-state index is 0.172. The third-order valence-corrected chi connectivity index (χ3v) is 4.55. The van der Waals surface area contributed by atoms with Gasteiger partial charge in [-0.1, -0.05) is 13.0 Å². The van der Waals surface area contributed by atoms with Crippen LogP contribution in [0.15, 0.2) is 25.0 Å². The molecular weight excluding hydrogens is 282 g/mol. The minimum Gasteiger partial charge on any atom is -0.473 e. The van der Waals surface area contributed by atoms with Crippen molar-refractivity contribution in [3.63, 3.8) is 0 Å². The summed E-state index contributed by atoms with van der Waals surface area (Å²) in [5, 5.41) is 0. The van der Waals surface area contributed by atoms with Crippen LogP contribution in [0, 0.1) is 0 Å². The highest BCUT2D eigenvalue weighted by molar-refractivity contribution is 7.99. The first kappa shape index (κ1) is 16.3. The average Bonchev–Trinajstić information content (AvgIpc) is 2.54. The van der Waals surface area contributed by atoms with Crippen molar-refractivity contribution in [1.82, 2.24) is 14.9 Å². The van der Waals surface area contributed by atoms with Crippen molar-refractivity contribution < 1.29 is 4.74 Å². The Hall–Kier alpha value is -1.07. The fourth-order valence-electron chi connectivity index (χ4n) is 2.37. The molecule has 21 heavy (non-hydrogen) atoms. The Labute approximate surface area is 132 Å². The summed E-state index contributed by atoms with van der Waals surface area (Å²) in [6, 6.07) is 1.95. The van der Waals surface area contributed by atoms with Crippen LogP contribution in [0.1, 0.15) is 25.5 Å². The lowest BCUT2D eigenvalue weighted by molar-refractivity contribution is 0.127. The number of allylic oxidation sites excluding steroid dienone is 1. The molecule has 0 spiro atoms. The molecular formula is C16H25N3OS. The number of aryl methyl sites for hydroxylation is 1. The van der Waals surface area contributed by atoms with Crippen LogP contribution >= 0.6 is 11.8 Å². The summed E-state index contributed by atoms with van der Waals surface area (Å²) in [6.07, 6.45) is 6.58. The lowest BCUT2D eigenvalue weighted by atomic mass is 10.2. The molecule has 1 aliphatic heterocycles. The first-order valence-electron chi connectivity index (χ1n) is 7.70. The van der Waals surface area contributed by atoms with E-state index in [9.17, 15) is 0 Å². The van der Waals surface area contributed by atoms with Gasteiger partial charge in [0, 0.05) is 42.9 Å². The summed E-state index contributed by atoms with van der Waals surface area (Å²) >= 11 is 2.03. The minimum atomic E-state index is 0.172. The van der Waals surface area contributed by atoms with Crippen molar-refractivity contribution in [3.05, 3.63) is 30.7 Å². The zero-order valence-corrected chi connectivity index (χ0v) is 13.6. The van der Waals surface area contributed by atoms with Gasteiger partial charge in [0.25, 0.3) is 0 Å². The van der Waals surface area contributed by atoms with E-state index in [2.05, 4.69) is 28.4 Å². The van der Waals surface area contributed by atoms with Crippen LogP contribution in [-0.2, 0) is 6.42 Å². The molecule has 0 N–H and O–H groups in total. The summed E-state index contributed by atoms with van der Waals surface area (Å²) in [5.41, 5.74) is 1.02. The van der Waals surface area contributed by atoms with E-state index in [0.29, 0.717) is 5.88 Å². The highest BCUT2D eigenvalue weighted by Gasteiger charge is 2.18. The molecule has 0 unspecified atom stereocenters. The molecule has 2 heterocycles. The molecule has 5 heteroatoms. The Morgan fingerprint density at radius 1 is 1.43 bits per heavy atom. The van der Waals surface area contributed by atoms with Crippen molar-refractivity contribution >= 4 is 11.8 Å². The second-order valence-electron chi connectivity index (χ2n) is 5.22. The van der Waals surface area contributed by atoms with E-state index in [1.54, 1.807) is 6.33 Å². The lowest BCUT2D eigenvalue weighted by Crippen LogP contribution is -2.40. The number of hydrogen-bond donors (Lipinski definition) is 0. The first-order valence-corrected chi connectivity index (χ1v) is 8.86. The van der Waals surface area contributed by atoms with Crippen LogP contribution in [0.25, 0.3) is 0 Å². The molecule has 1 saturated heterocycles. The topological polar surface area (TPSA) is 38.2 Å². The zero-order valence-electron chi connectivity index (χ0n) is 12.8. The van der Waals surface area contributed by atoms with Crippen LogP contribution in [-0.4, -0.2) is 52.1 Å². The molecule has 116 valence electrons. The van der Waals surface area contributed by atoms with Crippen LogP contribution in [0.3, 0.4) is 0 Å². The standard InChI is InChI=1S/C16H25N3OS/c1-3-5-6-15(12-19-7-9-21-10-8-19)20-16-11-14(4-2)17-13-18-16/h3,11,13,15H,1,4-10,12H2,2H3/t15-/m1/s1. The number of aromatic nitrogens is 2. The van der Waals surface area contributed by atoms with Crippen LogP contribution in [0.2, 0.25) is 0 Å².